The first kappa shape index (κ1) is 16.4. The Hall–Kier alpha value is -2.45. The molecule has 0 aliphatic carbocycles. The lowest BCUT2D eigenvalue weighted by atomic mass is 10.0. The first-order valence-electron chi connectivity index (χ1n) is 7.44. The highest BCUT2D eigenvalue weighted by molar-refractivity contribution is 5.40. The van der Waals surface area contributed by atoms with Gasteiger partial charge in [0.05, 0.1) is 6.20 Å². The molecular weight excluding hydrogens is 326 g/mol. The summed E-state index contributed by atoms with van der Waals surface area (Å²) in [6.45, 7) is 1.35. The molecule has 0 aromatic carbocycles. The van der Waals surface area contributed by atoms with Crippen molar-refractivity contribution in [1.82, 2.24) is 15.0 Å². The molecule has 0 spiro atoms. The van der Waals surface area contributed by atoms with Crippen LogP contribution in [0.3, 0.4) is 0 Å². The van der Waals surface area contributed by atoms with Crippen LogP contribution in [-0.2, 0) is 6.18 Å². The fourth-order valence-corrected chi connectivity index (χ4v) is 2.61. The number of halogens is 4. The molecule has 1 fully saturated rings. The van der Waals surface area contributed by atoms with Crippen LogP contribution in [0, 0.1) is 5.82 Å². The van der Waals surface area contributed by atoms with Gasteiger partial charge in [0.1, 0.15) is 29.5 Å². The van der Waals surface area contributed by atoms with Crippen molar-refractivity contribution in [3.05, 3.63) is 42.2 Å². The summed E-state index contributed by atoms with van der Waals surface area (Å²) < 4.78 is 50.9. The third-order valence-corrected chi connectivity index (χ3v) is 3.84. The third-order valence-electron chi connectivity index (χ3n) is 3.84. The molecule has 3 rings (SSSR count). The van der Waals surface area contributed by atoms with Crippen LogP contribution < -0.4 is 10.2 Å². The quantitative estimate of drug-likeness (QED) is 0.870. The van der Waals surface area contributed by atoms with Crippen molar-refractivity contribution in [2.24, 2.45) is 0 Å². The molecule has 1 saturated heterocycles. The van der Waals surface area contributed by atoms with E-state index in [4.69, 9.17) is 0 Å². The Labute approximate surface area is 135 Å². The second kappa shape index (κ2) is 6.58. The molecule has 0 radical (unpaired) electrons. The summed E-state index contributed by atoms with van der Waals surface area (Å²) in [5.74, 6) is 0.464. The van der Waals surface area contributed by atoms with Crippen LogP contribution in [0.2, 0.25) is 0 Å². The van der Waals surface area contributed by atoms with Crippen molar-refractivity contribution in [2.45, 2.75) is 25.1 Å². The van der Waals surface area contributed by atoms with Gasteiger partial charge >= 0.3 is 6.18 Å². The first-order valence-corrected chi connectivity index (χ1v) is 7.44. The van der Waals surface area contributed by atoms with E-state index in [2.05, 4.69) is 20.3 Å². The predicted octanol–water partition coefficient (Wildman–Crippen LogP) is 3.11. The molecule has 9 heteroatoms. The Morgan fingerprint density at radius 3 is 2.46 bits per heavy atom. The number of piperidine rings is 1. The number of alkyl halides is 3. The number of hydrogen-bond donors (Lipinski definition) is 1. The van der Waals surface area contributed by atoms with Crippen LogP contribution in [0.5, 0.6) is 0 Å². The normalized spacial score (nSPS) is 16.2. The molecule has 1 aliphatic heterocycles. The Bertz CT molecular complexity index is 681. The van der Waals surface area contributed by atoms with Gasteiger partial charge in [0.25, 0.3) is 0 Å². The van der Waals surface area contributed by atoms with Gasteiger partial charge in [-0.15, -0.1) is 0 Å². The molecule has 1 aliphatic rings. The van der Waals surface area contributed by atoms with Crippen molar-refractivity contribution in [2.75, 3.05) is 23.3 Å². The Balaban J connectivity index is 1.58. The number of aromatic nitrogens is 3. The van der Waals surface area contributed by atoms with Crippen molar-refractivity contribution < 1.29 is 17.6 Å². The van der Waals surface area contributed by atoms with Crippen molar-refractivity contribution in [3.63, 3.8) is 0 Å². The molecule has 128 valence electrons. The van der Waals surface area contributed by atoms with E-state index < -0.39 is 11.9 Å². The molecule has 0 saturated carbocycles. The van der Waals surface area contributed by atoms with E-state index in [9.17, 15) is 17.6 Å². The van der Waals surface area contributed by atoms with Gasteiger partial charge in [-0.3, -0.25) is 0 Å². The lowest BCUT2D eigenvalue weighted by Crippen LogP contribution is -2.39. The van der Waals surface area contributed by atoms with E-state index >= 15 is 0 Å². The summed E-state index contributed by atoms with van der Waals surface area (Å²) in [7, 11) is 0. The number of rotatable bonds is 3. The van der Waals surface area contributed by atoms with Crippen LogP contribution in [0.15, 0.2) is 30.7 Å². The van der Waals surface area contributed by atoms with E-state index in [1.54, 1.807) is 6.07 Å². The average molecular weight is 341 g/mol. The summed E-state index contributed by atoms with van der Waals surface area (Å²) >= 11 is 0. The molecule has 5 nitrogen and oxygen atoms in total. The molecule has 3 heterocycles. The zero-order chi connectivity index (χ0) is 17.2. The lowest BCUT2D eigenvalue weighted by Gasteiger charge is -2.33. The predicted molar refractivity (Wildman–Crippen MR) is 80.1 cm³/mol. The second-order valence-electron chi connectivity index (χ2n) is 5.53. The van der Waals surface area contributed by atoms with Crippen LogP contribution in [0.25, 0.3) is 0 Å². The number of nitrogens with one attached hydrogen (secondary N) is 1. The standard InChI is InChI=1S/C15H15F4N5/c16-10-1-2-14(20-8-10)24-5-3-11(4-6-24)23-13-7-12(15(17,18)19)21-9-22-13/h1-2,7-9,11H,3-6H2,(H,21,22,23). The minimum atomic E-state index is -4.49. The van der Waals surface area contributed by atoms with E-state index in [0.717, 1.165) is 12.4 Å². The van der Waals surface area contributed by atoms with Crippen LogP contribution in [-0.4, -0.2) is 34.1 Å². The zero-order valence-electron chi connectivity index (χ0n) is 12.6. The summed E-state index contributed by atoms with van der Waals surface area (Å²) in [6.07, 6.45) is -0.992. The summed E-state index contributed by atoms with van der Waals surface area (Å²) in [5.41, 5.74) is -0.965. The molecule has 0 bridgehead atoms. The van der Waals surface area contributed by atoms with Gasteiger partial charge in [-0.25, -0.2) is 19.3 Å². The highest BCUT2D eigenvalue weighted by Gasteiger charge is 2.33. The third kappa shape index (κ3) is 3.90. The Kier molecular flexibility index (Phi) is 4.50. The fraction of sp³-hybridized carbons (Fsp3) is 0.400. The van der Waals surface area contributed by atoms with Gasteiger partial charge < -0.3 is 10.2 Å². The van der Waals surface area contributed by atoms with Gasteiger partial charge in [-0.2, -0.15) is 13.2 Å². The van der Waals surface area contributed by atoms with Gasteiger partial charge in [-0.05, 0) is 25.0 Å². The molecule has 0 unspecified atom stereocenters. The number of hydrogen-bond acceptors (Lipinski definition) is 5. The molecule has 2 aromatic heterocycles. The van der Waals surface area contributed by atoms with Gasteiger partial charge in [0, 0.05) is 25.2 Å². The van der Waals surface area contributed by atoms with Gasteiger partial charge in [-0.1, -0.05) is 0 Å². The van der Waals surface area contributed by atoms with E-state index in [1.807, 2.05) is 4.90 Å². The number of nitrogens with zero attached hydrogens (tertiary/aromatic N) is 4. The lowest BCUT2D eigenvalue weighted by molar-refractivity contribution is -0.141. The summed E-state index contributed by atoms with van der Waals surface area (Å²) in [5, 5.41) is 3.02. The molecule has 0 atom stereocenters. The molecule has 24 heavy (non-hydrogen) atoms. The van der Waals surface area contributed by atoms with Gasteiger partial charge in [0.15, 0.2) is 0 Å². The fourth-order valence-electron chi connectivity index (χ4n) is 2.61. The molecular formula is C15H15F4N5. The van der Waals surface area contributed by atoms with Crippen molar-refractivity contribution in [3.8, 4) is 0 Å². The number of anilines is 2. The average Bonchev–Trinajstić information content (AvgIpc) is 2.56. The second-order valence-corrected chi connectivity index (χ2v) is 5.53. The van der Waals surface area contributed by atoms with Gasteiger partial charge in [0.2, 0.25) is 0 Å². The van der Waals surface area contributed by atoms with Crippen LogP contribution in [0.4, 0.5) is 29.2 Å². The minimum absolute atomic E-state index is 0.0117. The smallest absolute Gasteiger partial charge is 0.367 e. The van der Waals surface area contributed by atoms with Crippen molar-refractivity contribution >= 4 is 11.6 Å². The molecule has 1 N–H and O–H groups in total. The Morgan fingerprint density at radius 1 is 1.08 bits per heavy atom. The molecule has 0 amide bonds. The van der Waals surface area contributed by atoms with E-state index in [-0.39, 0.29) is 17.7 Å². The number of pyridine rings is 1. The first-order chi connectivity index (χ1) is 11.4. The van der Waals surface area contributed by atoms with E-state index in [1.165, 1.54) is 12.3 Å². The monoisotopic (exact) mass is 341 g/mol. The molecule has 2 aromatic rings. The highest BCUT2D eigenvalue weighted by atomic mass is 19.4. The summed E-state index contributed by atoms with van der Waals surface area (Å²) in [6, 6.07) is 3.89. The van der Waals surface area contributed by atoms with Crippen molar-refractivity contribution in [1.29, 1.82) is 0 Å². The largest absolute Gasteiger partial charge is 0.433 e. The topological polar surface area (TPSA) is 53.9 Å². The van der Waals surface area contributed by atoms with Crippen LogP contribution >= 0.6 is 0 Å². The zero-order valence-corrected chi connectivity index (χ0v) is 12.6. The maximum atomic E-state index is 12.9. The Morgan fingerprint density at radius 2 is 1.83 bits per heavy atom. The maximum absolute atomic E-state index is 12.9. The SMILES string of the molecule is Fc1ccc(N2CCC(Nc3cc(C(F)(F)F)ncn3)CC2)nc1. The highest BCUT2D eigenvalue weighted by Crippen LogP contribution is 2.28. The maximum Gasteiger partial charge on any atom is 0.433 e. The van der Waals surface area contributed by atoms with Crippen LogP contribution in [0.1, 0.15) is 18.5 Å². The van der Waals surface area contributed by atoms with E-state index in [0.29, 0.717) is 31.7 Å². The summed E-state index contributed by atoms with van der Waals surface area (Å²) in [4.78, 5) is 13.1. The minimum Gasteiger partial charge on any atom is -0.367 e.